The summed E-state index contributed by atoms with van der Waals surface area (Å²) in [6.07, 6.45) is -0.240. The second kappa shape index (κ2) is 15.4. The van der Waals surface area contributed by atoms with Gasteiger partial charge in [0.2, 0.25) is 0 Å². The number of fused-ring (bicyclic) bond motifs is 1. The zero-order chi connectivity index (χ0) is 38.7. The van der Waals surface area contributed by atoms with Crippen LogP contribution in [0.25, 0.3) is 67.2 Å². The maximum atomic E-state index is 5.05. The van der Waals surface area contributed by atoms with Crippen LogP contribution < -0.4 is 5.32 Å². The maximum absolute atomic E-state index is 5.05. The molecule has 0 radical (unpaired) electrons. The Morgan fingerprint density at radius 3 is 1.45 bits per heavy atom. The molecule has 6 nitrogen and oxygen atoms in total. The summed E-state index contributed by atoms with van der Waals surface area (Å²) in [7, 11) is 0. The number of aromatic nitrogens is 3. The number of aliphatic imine (C=N–C) groups is 2. The van der Waals surface area contributed by atoms with Gasteiger partial charge in [-0.05, 0) is 44.7 Å². The van der Waals surface area contributed by atoms with Gasteiger partial charge < -0.3 is 5.32 Å². The molecule has 0 saturated carbocycles. The molecule has 0 amide bonds. The largest absolute Gasteiger partial charge is 0.344 e. The van der Waals surface area contributed by atoms with E-state index in [4.69, 9.17) is 24.9 Å². The van der Waals surface area contributed by atoms with Crippen LogP contribution in [0, 0.1) is 0 Å². The predicted octanol–water partition coefficient (Wildman–Crippen LogP) is 11.9. The van der Waals surface area contributed by atoms with Gasteiger partial charge in [-0.25, -0.2) is 24.9 Å². The van der Waals surface area contributed by atoms with Crippen LogP contribution in [0.2, 0.25) is 0 Å². The van der Waals surface area contributed by atoms with Gasteiger partial charge in [0.15, 0.2) is 23.3 Å². The van der Waals surface area contributed by atoms with Gasteiger partial charge >= 0.3 is 0 Å². The molecule has 0 fully saturated rings. The highest BCUT2D eigenvalue weighted by Gasteiger charge is 2.21. The highest BCUT2D eigenvalue weighted by Crippen LogP contribution is 2.34. The summed E-state index contributed by atoms with van der Waals surface area (Å²) in [4.78, 5) is 24.7. The van der Waals surface area contributed by atoms with E-state index in [-0.39, 0.29) is 6.17 Å². The summed E-state index contributed by atoms with van der Waals surface area (Å²) in [5.74, 6) is 3.45. The zero-order valence-electron chi connectivity index (χ0n) is 31.4. The molecule has 8 aromatic carbocycles. The second-order valence-corrected chi connectivity index (χ2v) is 14.2. The lowest BCUT2D eigenvalue weighted by atomic mass is 9.94. The minimum atomic E-state index is -0.240. The minimum absolute atomic E-state index is 0.240. The first-order chi connectivity index (χ1) is 28.7. The van der Waals surface area contributed by atoms with E-state index in [0.29, 0.717) is 23.3 Å². The van der Waals surface area contributed by atoms with Crippen LogP contribution in [0.5, 0.6) is 0 Å². The average Bonchev–Trinajstić information content (AvgIpc) is 3.32. The number of hydrogen-bond donors (Lipinski definition) is 1. The minimum Gasteiger partial charge on any atom is -0.344 e. The van der Waals surface area contributed by atoms with E-state index in [9.17, 15) is 0 Å². The molecule has 0 saturated heterocycles. The van der Waals surface area contributed by atoms with Crippen LogP contribution in [-0.2, 0) is 0 Å². The van der Waals surface area contributed by atoms with Gasteiger partial charge in [-0.3, -0.25) is 0 Å². The van der Waals surface area contributed by atoms with E-state index in [1.807, 2.05) is 97.1 Å². The second-order valence-electron chi connectivity index (χ2n) is 14.2. The van der Waals surface area contributed by atoms with Crippen LogP contribution in [0.1, 0.15) is 22.9 Å². The quantitative estimate of drug-likeness (QED) is 0.168. The molecule has 1 atom stereocenters. The van der Waals surface area contributed by atoms with Crippen molar-refractivity contribution < 1.29 is 0 Å². The lowest BCUT2D eigenvalue weighted by Gasteiger charge is -2.23. The molecule has 1 aliphatic heterocycles. The monoisotopic (exact) mass is 744 g/mol. The molecule has 10 rings (SSSR count). The molecule has 0 spiro atoms. The highest BCUT2D eigenvalue weighted by atomic mass is 15.2. The molecule has 9 aromatic rings. The van der Waals surface area contributed by atoms with Crippen molar-refractivity contribution in [2.75, 3.05) is 0 Å². The number of benzene rings is 8. The van der Waals surface area contributed by atoms with Crippen molar-refractivity contribution in [3.05, 3.63) is 223 Å². The van der Waals surface area contributed by atoms with Gasteiger partial charge in [0.05, 0.1) is 0 Å². The summed E-state index contributed by atoms with van der Waals surface area (Å²) in [6, 6.07) is 70.9. The van der Waals surface area contributed by atoms with Gasteiger partial charge in [-0.15, -0.1) is 0 Å². The third-order valence-corrected chi connectivity index (χ3v) is 10.4. The Balaban J connectivity index is 0.936. The van der Waals surface area contributed by atoms with E-state index in [1.54, 1.807) is 0 Å². The van der Waals surface area contributed by atoms with Crippen LogP contribution in [0.15, 0.2) is 216 Å². The van der Waals surface area contributed by atoms with E-state index < -0.39 is 0 Å². The fourth-order valence-electron chi connectivity index (χ4n) is 7.39. The predicted molar refractivity (Wildman–Crippen MR) is 236 cm³/mol. The average molecular weight is 745 g/mol. The molecule has 58 heavy (non-hydrogen) atoms. The Morgan fingerprint density at radius 2 is 0.845 bits per heavy atom. The summed E-state index contributed by atoms with van der Waals surface area (Å²) < 4.78 is 0. The Kier molecular flexibility index (Phi) is 9.18. The summed E-state index contributed by atoms with van der Waals surface area (Å²) >= 11 is 0. The number of rotatable bonds is 8. The zero-order valence-corrected chi connectivity index (χ0v) is 31.4. The topological polar surface area (TPSA) is 75.4 Å². The fourth-order valence-corrected chi connectivity index (χ4v) is 7.39. The highest BCUT2D eigenvalue weighted by molar-refractivity contribution is 6.13. The van der Waals surface area contributed by atoms with Crippen molar-refractivity contribution >= 4 is 22.4 Å². The van der Waals surface area contributed by atoms with Crippen molar-refractivity contribution in [1.82, 2.24) is 20.3 Å². The number of nitrogens with one attached hydrogen (secondary N) is 1. The van der Waals surface area contributed by atoms with E-state index in [2.05, 4.69) is 115 Å². The standard InChI is InChI=1S/C52H36N6/c1-5-14-37(15-6-1)47-53-48(38-16-7-2-8-17-38)56-51(55-47)41-28-24-35(25-29-41)43-32-33-46-44(34-43)22-13-23-45(46)36-26-30-42(31-27-36)52-57-49(39-18-9-3-10-19-39)54-50(58-52)40-20-11-4-12-21-40/h1-34,49H,(H,54,57,58). The van der Waals surface area contributed by atoms with Crippen molar-refractivity contribution in [2.24, 2.45) is 9.98 Å². The number of amidine groups is 2. The number of nitrogens with zero attached hydrogens (tertiary/aromatic N) is 5. The Morgan fingerprint density at radius 1 is 0.362 bits per heavy atom. The van der Waals surface area contributed by atoms with Gasteiger partial charge in [-0.1, -0.05) is 200 Å². The van der Waals surface area contributed by atoms with Crippen LogP contribution >= 0.6 is 0 Å². The Bertz CT molecular complexity index is 2870. The summed E-state index contributed by atoms with van der Waals surface area (Å²) in [5.41, 5.74) is 10.5. The molecule has 1 aromatic heterocycles. The van der Waals surface area contributed by atoms with E-state index in [0.717, 1.165) is 55.9 Å². The molecular weight excluding hydrogens is 709 g/mol. The summed E-state index contributed by atoms with van der Waals surface area (Å²) in [6.45, 7) is 0. The van der Waals surface area contributed by atoms with Gasteiger partial charge in [0.1, 0.15) is 12.0 Å². The van der Waals surface area contributed by atoms with Crippen molar-refractivity contribution in [1.29, 1.82) is 0 Å². The summed E-state index contributed by atoms with van der Waals surface area (Å²) in [5, 5.41) is 5.90. The first kappa shape index (κ1) is 34.6. The van der Waals surface area contributed by atoms with Crippen LogP contribution in [0.3, 0.4) is 0 Å². The third-order valence-electron chi connectivity index (χ3n) is 10.4. The first-order valence-corrected chi connectivity index (χ1v) is 19.4. The van der Waals surface area contributed by atoms with Crippen LogP contribution in [-0.4, -0.2) is 26.6 Å². The lowest BCUT2D eigenvalue weighted by molar-refractivity contribution is 0.674. The van der Waals surface area contributed by atoms with Gasteiger partial charge in [0, 0.05) is 27.8 Å². The van der Waals surface area contributed by atoms with Crippen LogP contribution in [0.4, 0.5) is 0 Å². The fraction of sp³-hybridized carbons (Fsp3) is 0.0192. The van der Waals surface area contributed by atoms with Crippen molar-refractivity contribution in [3.63, 3.8) is 0 Å². The third kappa shape index (κ3) is 7.06. The molecule has 1 aliphatic rings. The molecule has 0 bridgehead atoms. The molecular formula is C52H36N6. The van der Waals surface area contributed by atoms with E-state index in [1.165, 1.54) is 16.3 Å². The van der Waals surface area contributed by atoms with Crippen molar-refractivity contribution in [3.8, 4) is 56.4 Å². The number of hydrogen-bond acceptors (Lipinski definition) is 6. The first-order valence-electron chi connectivity index (χ1n) is 19.4. The van der Waals surface area contributed by atoms with Crippen molar-refractivity contribution in [2.45, 2.75) is 6.17 Å². The molecule has 1 N–H and O–H groups in total. The Hall–Kier alpha value is -7.83. The van der Waals surface area contributed by atoms with E-state index >= 15 is 0 Å². The van der Waals surface area contributed by atoms with Gasteiger partial charge in [0.25, 0.3) is 0 Å². The normalized spacial score (nSPS) is 13.7. The molecule has 6 heteroatoms. The smallest absolute Gasteiger partial charge is 0.164 e. The molecule has 274 valence electrons. The molecule has 1 unspecified atom stereocenters. The maximum Gasteiger partial charge on any atom is 0.164 e. The Labute approximate surface area is 337 Å². The molecule has 2 heterocycles. The van der Waals surface area contributed by atoms with Gasteiger partial charge in [-0.2, -0.15) is 0 Å². The molecule has 0 aliphatic carbocycles. The lowest BCUT2D eigenvalue weighted by Crippen LogP contribution is -2.33. The SMILES string of the molecule is c1ccc(C2=NC(c3ccc(-c4cccc5cc(-c6ccc(-c7nc(-c8ccccc8)nc(-c8ccccc8)n7)cc6)ccc45)cc3)=NC(c3ccccc3)N2)cc1.